The Morgan fingerprint density at radius 2 is 1.91 bits per heavy atom. The number of amides is 1. The molecule has 0 unspecified atom stereocenters. The van der Waals surface area contributed by atoms with E-state index >= 15 is 0 Å². The van der Waals surface area contributed by atoms with Crippen molar-refractivity contribution in [3.8, 4) is 11.3 Å². The van der Waals surface area contributed by atoms with Crippen LogP contribution in [0.15, 0.2) is 63.9 Å². The van der Waals surface area contributed by atoms with Crippen LogP contribution in [0.3, 0.4) is 0 Å². The van der Waals surface area contributed by atoms with E-state index in [9.17, 15) is 28.1 Å². The number of nitro groups is 1. The van der Waals surface area contributed by atoms with Gasteiger partial charge in [0.05, 0.1) is 26.6 Å². The van der Waals surface area contributed by atoms with Gasteiger partial charge in [0.15, 0.2) is 4.32 Å². The number of aryl methyl sites for hydroxylation is 1. The van der Waals surface area contributed by atoms with Crippen molar-refractivity contribution in [1.29, 1.82) is 0 Å². The molecular weight excluding hydrogens is 477 g/mol. The van der Waals surface area contributed by atoms with Crippen LogP contribution in [0.5, 0.6) is 0 Å². The van der Waals surface area contributed by atoms with Crippen molar-refractivity contribution in [2.45, 2.75) is 13.1 Å². The highest BCUT2D eigenvalue weighted by atomic mass is 32.2. The van der Waals surface area contributed by atoms with E-state index in [-0.39, 0.29) is 37.7 Å². The van der Waals surface area contributed by atoms with Crippen molar-refractivity contribution >= 4 is 51.7 Å². The molecule has 6 nitrogen and oxygen atoms in total. The van der Waals surface area contributed by atoms with Gasteiger partial charge in [-0.3, -0.25) is 19.8 Å². The summed E-state index contributed by atoms with van der Waals surface area (Å²) in [6, 6.07) is 12.1. The summed E-state index contributed by atoms with van der Waals surface area (Å²) in [5.74, 6) is -0.116. The Morgan fingerprint density at radius 1 is 1.15 bits per heavy atom. The number of carbonyl (C=O) groups is 1. The number of carbonyl (C=O) groups excluding carboxylic acids is 1. The van der Waals surface area contributed by atoms with Gasteiger partial charge in [0.25, 0.3) is 11.6 Å². The first-order valence-corrected chi connectivity index (χ1v) is 10.6. The van der Waals surface area contributed by atoms with Gasteiger partial charge in [-0.05, 0) is 48.9 Å². The molecular formula is C22H13F3N2O4S2. The molecule has 4 rings (SSSR count). The summed E-state index contributed by atoms with van der Waals surface area (Å²) in [5, 5.41) is 11.4. The normalized spacial score (nSPS) is 15.5. The van der Waals surface area contributed by atoms with E-state index in [0.29, 0.717) is 0 Å². The van der Waals surface area contributed by atoms with Crippen LogP contribution >= 0.6 is 24.0 Å². The zero-order valence-corrected chi connectivity index (χ0v) is 18.4. The topological polar surface area (TPSA) is 76.6 Å². The van der Waals surface area contributed by atoms with Gasteiger partial charge in [-0.2, -0.15) is 13.2 Å². The van der Waals surface area contributed by atoms with Gasteiger partial charge in [-0.25, -0.2) is 0 Å². The molecule has 0 aliphatic carbocycles. The molecule has 168 valence electrons. The minimum Gasteiger partial charge on any atom is -0.456 e. The first-order valence-electron chi connectivity index (χ1n) is 9.35. The summed E-state index contributed by atoms with van der Waals surface area (Å²) >= 11 is 6.13. The molecule has 1 aliphatic rings. The molecule has 0 bridgehead atoms. The fourth-order valence-corrected chi connectivity index (χ4v) is 4.50. The quantitative estimate of drug-likeness (QED) is 0.178. The Hall–Kier alpha value is -3.44. The number of rotatable bonds is 4. The molecule has 0 spiro atoms. The Morgan fingerprint density at radius 3 is 2.61 bits per heavy atom. The van der Waals surface area contributed by atoms with Crippen molar-refractivity contribution in [3.05, 3.63) is 86.5 Å². The second kappa shape index (κ2) is 8.49. The van der Waals surface area contributed by atoms with Crippen molar-refractivity contribution in [3.63, 3.8) is 0 Å². The molecule has 1 fully saturated rings. The summed E-state index contributed by atoms with van der Waals surface area (Å²) < 4.78 is 44.9. The number of nitro benzene ring substituents is 1. The molecule has 11 heteroatoms. The van der Waals surface area contributed by atoms with Gasteiger partial charge in [0, 0.05) is 12.1 Å². The standard InChI is InChI=1S/C22H13F3N2O4S2/c1-12-5-7-16(17(9-12)27(29)30)18-8-6-15(31-18)11-19-20(28)26(21(32)33-19)14-4-2-3-13(10-14)22(23,24)25/h2-11H,1H3/b19-11-. The summed E-state index contributed by atoms with van der Waals surface area (Å²) in [6.07, 6.45) is -3.16. The largest absolute Gasteiger partial charge is 0.456 e. The predicted octanol–water partition coefficient (Wildman–Crippen LogP) is 6.59. The molecule has 3 aromatic rings. The molecule has 0 saturated carbocycles. The number of benzene rings is 2. The van der Waals surface area contributed by atoms with Crippen LogP contribution in [0.4, 0.5) is 24.5 Å². The van der Waals surface area contributed by atoms with E-state index in [1.807, 2.05) is 0 Å². The van der Waals surface area contributed by atoms with E-state index < -0.39 is 22.6 Å². The number of alkyl halides is 3. The number of thioether (sulfide) groups is 1. The second-order valence-corrected chi connectivity index (χ2v) is 8.72. The van der Waals surface area contributed by atoms with E-state index in [1.54, 1.807) is 19.1 Å². The maximum atomic E-state index is 13.0. The van der Waals surface area contributed by atoms with Crippen molar-refractivity contribution in [2.75, 3.05) is 4.90 Å². The Bertz CT molecular complexity index is 1330. The molecule has 0 N–H and O–H groups in total. The summed E-state index contributed by atoms with van der Waals surface area (Å²) in [6.45, 7) is 1.73. The molecule has 2 aromatic carbocycles. The number of hydrogen-bond acceptors (Lipinski definition) is 6. The summed E-state index contributed by atoms with van der Waals surface area (Å²) in [4.78, 5) is 24.9. The average molecular weight is 490 g/mol. The van der Waals surface area contributed by atoms with E-state index in [0.717, 1.165) is 34.4 Å². The fraction of sp³-hybridized carbons (Fsp3) is 0.0909. The zero-order valence-electron chi connectivity index (χ0n) is 16.8. The molecule has 2 heterocycles. The van der Waals surface area contributed by atoms with Crippen LogP contribution in [-0.4, -0.2) is 15.2 Å². The minimum absolute atomic E-state index is 0.00568. The number of furan rings is 1. The van der Waals surface area contributed by atoms with Crippen LogP contribution in [0.2, 0.25) is 0 Å². The van der Waals surface area contributed by atoms with Crippen LogP contribution in [0.1, 0.15) is 16.9 Å². The molecule has 1 saturated heterocycles. The second-order valence-electron chi connectivity index (χ2n) is 7.04. The van der Waals surface area contributed by atoms with Crippen LogP contribution in [0, 0.1) is 17.0 Å². The third-order valence-electron chi connectivity index (χ3n) is 4.74. The van der Waals surface area contributed by atoms with E-state index in [2.05, 4.69) is 0 Å². The maximum Gasteiger partial charge on any atom is 0.416 e. The van der Waals surface area contributed by atoms with E-state index in [4.69, 9.17) is 16.6 Å². The number of nitrogens with zero attached hydrogens (tertiary/aromatic N) is 2. The number of thiocarbonyl (C=S) groups is 1. The average Bonchev–Trinajstić information content (AvgIpc) is 3.31. The third-order valence-corrected chi connectivity index (χ3v) is 6.04. The maximum absolute atomic E-state index is 13.0. The lowest BCUT2D eigenvalue weighted by Gasteiger charge is -2.16. The number of anilines is 1. The summed E-state index contributed by atoms with van der Waals surface area (Å²) in [7, 11) is 0. The summed E-state index contributed by atoms with van der Waals surface area (Å²) in [5.41, 5.74) is -0.0106. The third kappa shape index (κ3) is 4.55. The monoisotopic (exact) mass is 490 g/mol. The fourth-order valence-electron chi connectivity index (χ4n) is 3.22. The van der Waals surface area contributed by atoms with Crippen LogP contribution < -0.4 is 4.90 Å². The van der Waals surface area contributed by atoms with Gasteiger partial charge in [-0.15, -0.1) is 0 Å². The van der Waals surface area contributed by atoms with Gasteiger partial charge >= 0.3 is 6.18 Å². The first kappa shape index (κ1) is 22.7. The Labute approximate surface area is 194 Å². The minimum atomic E-state index is -4.56. The lowest BCUT2D eigenvalue weighted by Crippen LogP contribution is -2.27. The Balaban J connectivity index is 1.64. The van der Waals surface area contributed by atoms with E-state index in [1.165, 1.54) is 36.4 Å². The van der Waals surface area contributed by atoms with Crippen LogP contribution in [-0.2, 0) is 11.0 Å². The lowest BCUT2D eigenvalue weighted by atomic mass is 10.1. The van der Waals surface area contributed by atoms with Gasteiger partial charge < -0.3 is 4.42 Å². The molecule has 0 radical (unpaired) electrons. The highest BCUT2D eigenvalue weighted by Gasteiger charge is 2.36. The molecule has 1 amide bonds. The van der Waals surface area contributed by atoms with Crippen LogP contribution in [0.25, 0.3) is 17.4 Å². The van der Waals surface area contributed by atoms with Crippen molar-refractivity contribution in [2.24, 2.45) is 0 Å². The molecule has 1 aliphatic heterocycles. The molecule has 33 heavy (non-hydrogen) atoms. The molecule has 1 aromatic heterocycles. The highest BCUT2D eigenvalue weighted by molar-refractivity contribution is 8.27. The number of halogens is 3. The SMILES string of the molecule is Cc1ccc(-c2ccc(/C=C3\SC(=S)N(c4cccc(C(F)(F)F)c4)C3=O)o2)c([N+](=O)[O-])c1. The number of hydrogen-bond donors (Lipinski definition) is 0. The molecule has 0 atom stereocenters. The van der Waals surface area contributed by atoms with Gasteiger partial charge in [-0.1, -0.05) is 36.1 Å². The predicted molar refractivity (Wildman–Crippen MR) is 123 cm³/mol. The van der Waals surface area contributed by atoms with Gasteiger partial charge in [0.2, 0.25) is 0 Å². The van der Waals surface area contributed by atoms with Crippen molar-refractivity contribution in [1.82, 2.24) is 0 Å². The lowest BCUT2D eigenvalue weighted by molar-refractivity contribution is -0.384. The zero-order chi connectivity index (χ0) is 23.9. The van der Waals surface area contributed by atoms with Gasteiger partial charge in [0.1, 0.15) is 11.5 Å². The smallest absolute Gasteiger partial charge is 0.416 e. The van der Waals surface area contributed by atoms with Crippen molar-refractivity contribution < 1.29 is 27.3 Å². The first-order chi connectivity index (χ1) is 15.5. The highest BCUT2D eigenvalue weighted by Crippen LogP contribution is 2.39. The Kier molecular flexibility index (Phi) is 5.85.